The molecule has 2 unspecified atom stereocenters. The number of amides is 1. The van der Waals surface area contributed by atoms with Crippen LogP contribution in [0.5, 0.6) is 5.75 Å². The normalized spacial score (nSPS) is 21.6. The highest BCUT2D eigenvalue weighted by atomic mass is 16.5. The Morgan fingerprint density at radius 2 is 1.76 bits per heavy atom. The van der Waals surface area contributed by atoms with E-state index in [-0.39, 0.29) is 24.7 Å². The molecule has 1 N–H and O–H groups in total. The standard InChI is InChI=1S/C23H28N3O3/c1-4-11-26-21-10-7-19(12-22(21)28-15-23(26)27)24-18-5-8-20(9-6-18)25-13-16(2)29-17(3)14-25/h5-10,12,16-17,24H,1,4,11,13-15H2,2-3H3. The summed E-state index contributed by atoms with van der Waals surface area (Å²) < 4.78 is 11.5. The fourth-order valence-corrected chi connectivity index (χ4v) is 4.00. The number of hydrogen-bond acceptors (Lipinski definition) is 5. The molecule has 1 fully saturated rings. The lowest BCUT2D eigenvalue weighted by molar-refractivity contribution is -0.121. The van der Waals surface area contributed by atoms with E-state index >= 15 is 0 Å². The summed E-state index contributed by atoms with van der Waals surface area (Å²) in [5, 5.41) is 3.42. The number of morpholine rings is 1. The van der Waals surface area contributed by atoms with Crippen LogP contribution in [0.2, 0.25) is 0 Å². The highest BCUT2D eigenvalue weighted by Crippen LogP contribution is 2.35. The first-order valence-electron chi connectivity index (χ1n) is 10.2. The van der Waals surface area contributed by atoms with Crippen LogP contribution in [0, 0.1) is 6.92 Å². The van der Waals surface area contributed by atoms with Crippen LogP contribution >= 0.6 is 0 Å². The number of carbonyl (C=O) groups is 1. The second-order valence-corrected chi connectivity index (χ2v) is 7.70. The number of benzene rings is 2. The fraction of sp³-hybridized carbons (Fsp3) is 0.391. The Bertz CT molecular complexity index is 858. The van der Waals surface area contributed by atoms with Gasteiger partial charge in [-0.15, -0.1) is 0 Å². The smallest absolute Gasteiger partial charge is 0.265 e. The number of rotatable bonds is 5. The molecule has 0 bridgehead atoms. The average Bonchev–Trinajstić information content (AvgIpc) is 2.70. The third-order valence-corrected chi connectivity index (χ3v) is 5.23. The fourth-order valence-electron chi connectivity index (χ4n) is 4.00. The van der Waals surface area contributed by atoms with Gasteiger partial charge < -0.3 is 24.6 Å². The summed E-state index contributed by atoms with van der Waals surface area (Å²) in [7, 11) is 0. The number of carbonyl (C=O) groups excluding carboxylic acids is 1. The first kappa shape index (κ1) is 19.6. The third kappa shape index (κ3) is 4.32. The van der Waals surface area contributed by atoms with Gasteiger partial charge in [-0.05, 0) is 56.7 Å². The Morgan fingerprint density at radius 1 is 1.07 bits per heavy atom. The van der Waals surface area contributed by atoms with Crippen molar-refractivity contribution >= 4 is 28.7 Å². The van der Waals surface area contributed by atoms with E-state index in [1.54, 1.807) is 4.90 Å². The molecule has 6 heteroatoms. The van der Waals surface area contributed by atoms with Crippen LogP contribution in [0.25, 0.3) is 0 Å². The minimum absolute atomic E-state index is 0.0239. The minimum Gasteiger partial charge on any atom is -0.481 e. The van der Waals surface area contributed by atoms with Gasteiger partial charge in [0, 0.05) is 42.8 Å². The predicted molar refractivity (Wildman–Crippen MR) is 116 cm³/mol. The van der Waals surface area contributed by atoms with Gasteiger partial charge in [0.05, 0.1) is 17.9 Å². The van der Waals surface area contributed by atoms with Crippen molar-refractivity contribution in [1.82, 2.24) is 0 Å². The molecular formula is C23H28N3O3. The Balaban J connectivity index is 1.46. The molecule has 4 rings (SSSR count). The highest BCUT2D eigenvalue weighted by molar-refractivity contribution is 5.98. The third-order valence-electron chi connectivity index (χ3n) is 5.23. The zero-order chi connectivity index (χ0) is 20.4. The van der Waals surface area contributed by atoms with Crippen LogP contribution in [0.1, 0.15) is 20.3 Å². The maximum absolute atomic E-state index is 12.1. The van der Waals surface area contributed by atoms with Crippen molar-refractivity contribution in [3.63, 3.8) is 0 Å². The maximum atomic E-state index is 12.1. The molecule has 2 heterocycles. The van der Waals surface area contributed by atoms with Crippen molar-refractivity contribution in [2.24, 2.45) is 0 Å². The average molecular weight is 394 g/mol. The van der Waals surface area contributed by atoms with Crippen LogP contribution < -0.4 is 19.9 Å². The van der Waals surface area contributed by atoms with Gasteiger partial charge >= 0.3 is 0 Å². The predicted octanol–water partition coefficient (Wildman–Crippen LogP) is 3.99. The minimum atomic E-state index is -0.0239. The number of hydrogen-bond donors (Lipinski definition) is 1. The van der Waals surface area contributed by atoms with Gasteiger partial charge in [-0.3, -0.25) is 4.79 Å². The van der Waals surface area contributed by atoms with Crippen LogP contribution in [0.15, 0.2) is 42.5 Å². The summed E-state index contributed by atoms with van der Waals surface area (Å²) >= 11 is 0. The van der Waals surface area contributed by atoms with Gasteiger partial charge in [0.25, 0.3) is 5.91 Å². The molecule has 153 valence electrons. The maximum Gasteiger partial charge on any atom is 0.265 e. The van der Waals surface area contributed by atoms with Crippen molar-refractivity contribution in [3.8, 4) is 5.75 Å². The summed E-state index contributed by atoms with van der Waals surface area (Å²) in [5.41, 5.74) is 3.94. The van der Waals surface area contributed by atoms with Gasteiger partial charge in [-0.25, -0.2) is 0 Å². The van der Waals surface area contributed by atoms with E-state index in [9.17, 15) is 4.79 Å². The summed E-state index contributed by atoms with van der Waals surface area (Å²) in [4.78, 5) is 16.2. The Labute approximate surface area is 172 Å². The van der Waals surface area contributed by atoms with Gasteiger partial charge in [0.1, 0.15) is 5.75 Å². The molecule has 0 aliphatic carbocycles. The lowest BCUT2D eigenvalue weighted by Gasteiger charge is -2.36. The number of anilines is 4. The molecule has 0 aromatic heterocycles. The molecular weight excluding hydrogens is 366 g/mol. The van der Waals surface area contributed by atoms with Crippen LogP contribution in [0.3, 0.4) is 0 Å². The van der Waals surface area contributed by atoms with E-state index in [0.717, 1.165) is 35.9 Å². The number of fused-ring (bicyclic) bond motifs is 1. The zero-order valence-electron chi connectivity index (χ0n) is 17.1. The van der Waals surface area contributed by atoms with E-state index in [0.29, 0.717) is 13.0 Å². The second-order valence-electron chi connectivity index (χ2n) is 7.70. The SMILES string of the molecule is [CH2]CCN1C(=O)COc2cc(Nc3ccc(N4CC(C)OC(C)C4)cc3)ccc21. The van der Waals surface area contributed by atoms with Crippen molar-refractivity contribution in [1.29, 1.82) is 0 Å². The van der Waals surface area contributed by atoms with Gasteiger partial charge in [0.15, 0.2) is 6.61 Å². The first-order valence-corrected chi connectivity index (χ1v) is 10.2. The molecule has 29 heavy (non-hydrogen) atoms. The van der Waals surface area contributed by atoms with E-state index in [1.807, 2.05) is 18.2 Å². The zero-order valence-corrected chi connectivity index (χ0v) is 17.1. The Hall–Kier alpha value is -2.73. The van der Waals surface area contributed by atoms with Gasteiger partial charge in [0.2, 0.25) is 0 Å². The summed E-state index contributed by atoms with van der Waals surface area (Å²) in [5.74, 6) is 0.695. The molecule has 1 saturated heterocycles. The van der Waals surface area contributed by atoms with Crippen LogP contribution in [-0.2, 0) is 9.53 Å². The van der Waals surface area contributed by atoms with Crippen molar-refractivity contribution in [3.05, 3.63) is 49.4 Å². The van der Waals surface area contributed by atoms with E-state index < -0.39 is 0 Å². The lowest BCUT2D eigenvalue weighted by Crippen LogP contribution is -2.45. The first-order chi connectivity index (χ1) is 14.0. The molecule has 2 aromatic rings. The molecule has 1 radical (unpaired) electrons. The summed E-state index contributed by atoms with van der Waals surface area (Å²) in [6, 6.07) is 14.3. The highest BCUT2D eigenvalue weighted by Gasteiger charge is 2.25. The van der Waals surface area contributed by atoms with Crippen molar-refractivity contribution < 1.29 is 14.3 Å². The molecule has 0 saturated carbocycles. The van der Waals surface area contributed by atoms with E-state index in [1.165, 1.54) is 5.69 Å². The van der Waals surface area contributed by atoms with Gasteiger partial charge in [-0.1, -0.05) is 6.92 Å². The molecule has 2 aromatic carbocycles. The largest absolute Gasteiger partial charge is 0.481 e. The van der Waals surface area contributed by atoms with Crippen molar-refractivity contribution in [2.45, 2.75) is 32.5 Å². The number of ether oxygens (including phenoxy) is 2. The van der Waals surface area contributed by atoms with Crippen LogP contribution in [0.4, 0.5) is 22.7 Å². The van der Waals surface area contributed by atoms with Gasteiger partial charge in [-0.2, -0.15) is 0 Å². The summed E-state index contributed by atoms with van der Waals surface area (Å²) in [6.07, 6.45) is 1.14. The monoisotopic (exact) mass is 394 g/mol. The molecule has 1 amide bonds. The topological polar surface area (TPSA) is 54.0 Å². The van der Waals surface area contributed by atoms with Crippen LogP contribution in [-0.4, -0.2) is 44.4 Å². The van der Waals surface area contributed by atoms with E-state index in [2.05, 4.69) is 55.3 Å². The second kappa shape index (κ2) is 8.33. The molecule has 0 spiro atoms. The number of nitrogens with zero attached hydrogens (tertiary/aromatic N) is 2. The Morgan fingerprint density at radius 3 is 2.45 bits per heavy atom. The molecule has 2 aliphatic rings. The summed E-state index contributed by atoms with van der Waals surface area (Å²) in [6.45, 7) is 10.6. The van der Waals surface area contributed by atoms with Crippen molar-refractivity contribution in [2.75, 3.05) is 41.4 Å². The molecule has 2 atom stereocenters. The number of nitrogens with one attached hydrogen (secondary N) is 1. The molecule has 6 nitrogen and oxygen atoms in total. The van der Waals surface area contributed by atoms with E-state index in [4.69, 9.17) is 9.47 Å². The Kier molecular flexibility index (Phi) is 5.62. The quantitative estimate of drug-likeness (QED) is 0.831. The molecule has 2 aliphatic heterocycles. The lowest BCUT2D eigenvalue weighted by atomic mass is 10.1.